The molecule has 36 heavy (non-hydrogen) atoms. The Balaban J connectivity index is 0.000000491. The minimum atomic E-state index is -0.173. The van der Waals surface area contributed by atoms with Gasteiger partial charge in [0, 0.05) is 26.7 Å². The van der Waals surface area contributed by atoms with Crippen molar-refractivity contribution < 1.29 is 14.3 Å². The molecule has 8 nitrogen and oxygen atoms in total. The zero-order chi connectivity index (χ0) is 26.3. The molecule has 2 amide bonds. The van der Waals surface area contributed by atoms with Crippen molar-refractivity contribution in [1.29, 1.82) is 0 Å². The van der Waals surface area contributed by atoms with Gasteiger partial charge in [-0.25, -0.2) is 4.98 Å². The third kappa shape index (κ3) is 8.75. The minimum absolute atomic E-state index is 0.0546. The molecule has 2 saturated heterocycles. The molecule has 0 bridgehead atoms. The maximum Gasteiger partial charge on any atom is 0.274 e. The fourth-order valence-electron chi connectivity index (χ4n) is 4.41. The van der Waals surface area contributed by atoms with Crippen molar-refractivity contribution in [2.75, 3.05) is 38.6 Å². The van der Waals surface area contributed by atoms with E-state index in [1.807, 2.05) is 56.5 Å². The predicted molar refractivity (Wildman–Crippen MR) is 146 cm³/mol. The number of aromatic nitrogens is 2. The Labute approximate surface area is 216 Å². The second-order valence-electron chi connectivity index (χ2n) is 9.12. The minimum Gasteiger partial charge on any atom is -0.376 e. The first kappa shape index (κ1) is 29.5. The van der Waals surface area contributed by atoms with Gasteiger partial charge in [-0.3, -0.25) is 9.59 Å². The number of aryl methyl sites for hydroxylation is 2. The van der Waals surface area contributed by atoms with E-state index in [0.29, 0.717) is 36.8 Å². The van der Waals surface area contributed by atoms with Gasteiger partial charge in [0.2, 0.25) is 6.41 Å². The molecule has 0 saturated carbocycles. The lowest BCUT2D eigenvalue weighted by Crippen LogP contribution is -2.38. The van der Waals surface area contributed by atoms with Crippen LogP contribution in [0.4, 0.5) is 5.82 Å². The highest BCUT2D eigenvalue weighted by molar-refractivity contribution is 5.99. The number of rotatable bonds is 7. The zero-order valence-corrected chi connectivity index (χ0v) is 22.8. The molecule has 200 valence electrons. The Morgan fingerprint density at radius 3 is 2.44 bits per heavy atom. The summed E-state index contributed by atoms with van der Waals surface area (Å²) in [7, 11) is 1.77. The molecule has 2 N–H and O–H groups in total. The lowest BCUT2D eigenvalue weighted by atomic mass is 10.1. The molecule has 4 rings (SSSR count). The smallest absolute Gasteiger partial charge is 0.274 e. The molecule has 2 fully saturated rings. The maximum atomic E-state index is 13.3. The van der Waals surface area contributed by atoms with E-state index in [0.717, 1.165) is 37.0 Å². The molecule has 3 heterocycles. The van der Waals surface area contributed by atoms with Crippen molar-refractivity contribution in [2.24, 2.45) is 0 Å². The summed E-state index contributed by atoms with van der Waals surface area (Å²) < 4.78 is 7.64. The van der Waals surface area contributed by atoms with Crippen molar-refractivity contribution in [3.05, 3.63) is 46.9 Å². The number of carbonyl (C=O) groups is 2. The number of benzene rings is 1. The van der Waals surface area contributed by atoms with Gasteiger partial charge in [0.1, 0.15) is 5.82 Å². The van der Waals surface area contributed by atoms with Gasteiger partial charge in [0.25, 0.3) is 5.91 Å². The summed E-state index contributed by atoms with van der Waals surface area (Å²) in [6.07, 6.45) is 7.98. The van der Waals surface area contributed by atoms with Crippen LogP contribution < -0.4 is 10.6 Å². The number of anilines is 1. The first-order chi connectivity index (χ1) is 17.5. The van der Waals surface area contributed by atoms with Crippen LogP contribution in [0, 0.1) is 13.8 Å². The van der Waals surface area contributed by atoms with Gasteiger partial charge in [-0.1, -0.05) is 44.5 Å². The number of carbonyl (C=O) groups excluding carboxylic acids is 2. The van der Waals surface area contributed by atoms with Gasteiger partial charge in [-0.05, 0) is 70.2 Å². The Morgan fingerprint density at radius 1 is 1.17 bits per heavy atom. The number of nitrogens with zero attached hydrogens (tertiary/aromatic N) is 3. The third-order valence-corrected chi connectivity index (χ3v) is 6.45. The van der Waals surface area contributed by atoms with Gasteiger partial charge in [0.15, 0.2) is 11.5 Å². The summed E-state index contributed by atoms with van der Waals surface area (Å²) in [5.74, 6) is 0.800. The van der Waals surface area contributed by atoms with Crippen LogP contribution in [0.15, 0.2) is 24.3 Å². The lowest BCUT2D eigenvalue weighted by molar-refractivity contribution is -0.105. The molecule has 2 aliphatic heterocycles. The molecule has 0 aliphatic carbocycles. The number of hydrogen-bond donors (Lipinski definition) is 2. The van der Waals surface area contributed by atoms with Gasteiger partial charge in [0.05, 0.1) is 6.10 Å². The molecular weight excluding hydrogens is 454 g/mol. The summed E-state index contributed by atoms with van der Waals surface area (Å²) in [5.41, 5.74) is 2.64. The standard InChI is InChI=1S/C21H28N4O3.C5H11N.C2H6/c1-15-8-4-5-9-17(15)12-25-16(2)23-20(22-14-26)19(25)21(27)24(3)13-18-10-6-7-11-28-18;1-2-4-6-5-3-1;1-2/h4-5,8-9,14,18H,6-7,10-13H2,1-3H3,(H,22,26);6H,1-5H2;1-2H3. The average molecular weight is 500 g/mol. The van der Waals surface area contributed by atoms with Crippen molar-refractivity contribution in [3.8, 4) is 0 Å². The number of ether oxygens (including phenoxy) is 1. The first-order valence-electron chi connectivity index (χ1n) is 13.4. The van der Waals surface area contributed by atoms with E-state index < -0.39 is 0 Å². The van der Waals surface area contributed by atoms with Crippen LogP contribution in [0.25, 0.3) is 0 Å². The van der Waals surface area contributed by atoms with Gasteiger partial charge < -0.3 is 24.8 Å². The summed E-state index contributed by atoms with van der Waals surface area (Å²) in [6, 6.07) is 8.05. The van der Waals surface area contributed by atoms with Gasteiger partial charge in [-0.15, -0.1) is 0 Å². The van der Waals surface area contributed by atoms with Crippen LogP contribution in [0.3, 0.4) is 0 Å². The van der Waals surface area contributed by atoms with Crippen LogP contribution in [-0.2, 0) is 16.1 Å². The molecule has 2 aliphatic rings. The normalized spacial score (nSPS) is 17.1. The van der Waals surface area contributed by atoms with Crippen LogP contribution in [0.1, 0.15) is 79.8 Å². The van der Waals surface area contributed by atoms with E-state index >= 15 is 0 Å². The molecule has 0 spiro atoms. The Bertz CT molecular complexity index is 922. The van der Waals surface area contributed by atoms with Crippen molar-refractivity contribution in [1.82, 2.24) is 19.8 Å². The molecule has 0 radical (unpaired) electrons. The molecule has 1 atom stereocenters. The summed E-state index contributed by atoms with van der Waals surface area (Å²) >= 11 is 0. The number of nitrogens with one attached hydrogen (secondary N) is 2. The topological polar surface area (TPSA) is 88.5 Å². The van der Waals surface area contributed by atoms with E-state index in [1.165, 1.54) is 32.4 Å². The molecular formula is C28H45N5O3. The van der Waals surface area contributed by atoms with Gasteiger partial charge in [-0.2, -0.15) is 0 Å². The van der Waals surface area contributed by atoms with Crippen LogP contribution >= 0.6 is 0 Å². The average Bonchev–Trinajstić information content (AvgIpc) is 3.22. The van der Waals surface area contributed by atoms with Gasteiger partial charge >= 0.3 is 0 Å². The molecule has 8 heteroatoms. The summed E-state index contributed by atoms with van der Waals surface area (Å²) in [4.78, 5) is 30.4. The number of piperidine rings is 1. The Hall–Kier alpha value is -2.71. The summed E-state index contributed by atoms with van der Waals surface area (Å²) in [5, 5.41) is 5.87. The first-order valence-corrected chi connectivity index (χ1v) is 13.4. The van der Waals surface area contributed by atoms with Crippen LogP contribution in [-0.4, -0.2) is 66.2 Å². The monoisotopic (exact) mass is 499 g/mol. The maximum absolute atomic E-state index is 13.3. The highest BCUT2D eigenvalue weighted by Crippen LogP contribution is 2.22. The second-order valence-corrected chi connectivity index (χ2v) is 9.12. The fraction of sp³-hybridized carbons (Fsp3) is 0.607. The molecule has 2 aromatic rings. The SMILES string of the molecule is C1CCNCC1.CC.Cc1ccccc1Cn1c(C)nc(NC=O)c1C(=O)N(C)CC1CCCCO1. The highest BCUT2D eigenvalue weighted by Gasteiger charge is 2.27. The zero-order valence-electron chi connectivity index (χ0n) is 22.8. The van der Waals surface area contributed by atoms with Crippen LogP contribution in [0.2, 0.25) is 0 Å². The second kappa shape index (κ2) is 16.1. The van der Waals surface area contributed by atoms with E-state index in [2.05, 4.69) is 15.6 Å². The third-order valence-electron chi connectivity index (χ3n) is 6.45. The number of imidazole rings is 1. The predicted octanol–water partition coefficient (Wildman–Crippen LogP) is 4.54. The highest BCUT2D eigenvalue weighted by atomic mass is 16.5. The molecule has 1 unspecified atom stereocenters. The quantitative estimate of drug-likeness (QED) is 0.546. The number of hydrogen-bond acceptors (Lipinski definition) is 5. The largest absolute Gasteiger partial charge is 0.376 e. The number of likely N-dealkylation sites (N-methyl/N-ethyl adjacent to an activating group) is 1. The van der Waals surface area contributed by atoms with Crippen molar-refractivity contribution in [3.63, 3.8) is 0 Å². The van der Waals surface area contributed by atoms with Crippen molar-refractivity contribution >= 4 is 18.1 Å². The van der Waals surface area contributed by atoms with E-state index in [4.69, 9.17) is 4.74 Å². The Morgan fingerprint density at radius 2 is 1.89 bits per heavy atom. The van der Waals surface area contributed by atoms with E-state index in [1.54, 1.807) is 11.9 Å². The molecule has 1 aromatic heterocycles. The summed E-state index contributed by atoms with van der Waals surface area (Å²) in [6.45, 7) is 12.2. The van der Waals surface area contributed by atoms with Crippen LogP contribution in [0.5, 0.6) is 0 Å². The van der Waals surface area contributed by atoms with E-state index in [9.17, 15) is 9.59 Å². The molecule has 1 aromatic carbocycles. The lowest BCUT2D eigenvalue weighted by Gasteiger charge is -2.27. The fourth-order valence-corrected chi connectivity index (χ4v) is 4.41. The number of amides is 2. The Kier molecular flexibility index (Phi) is 13.2. The van der Waals surface area contributed by atoms with E-state index in [-0.39, 0.29) is 12.0 Å². The van der Waals surface area contributed by atoms with Crippen molar-refractivity contribution in [2.45, 2.75) is 78.9 Å².